The molecule has 2 atom stereocenters. The zero-order chi connectivity index (χ0) is 18.9. The summed E-state index contributed by atoms with van der Waals surface area (Å²) in [6.45, 7) is 0. The Morgan fingerprint density at radius 3 is 1.93 bits per heavy atom. The van der Waals surface area contributed by atoms with Crippen LogP contribution in [0.2, 0.25) is 0 Å². The maximum atomic E-state index is 5.60. The number of aliphatic imine (C=N–C) groups is 2. The third-order valence-electron chi connectivity index (χ3n) is 4.33. The second kappa shape index (κ2) is 10.7. The SMILES string of the molecule is NC1=N[C@H](CCc2ccncc2)CS1.NC1=N[C@H](CCc2ccsc2)CS1. The third-order valence-corrected chi connectivity index (χ3v) is 6.97. The maximum absolute atomic E-state index is 5.60. The molecule has 4 N–H and O–H groups in total. The van der Waals surface area contributed by atoms with Gasteiger partial charge in [0.2, 0.25) is 0 Å². The van der Waals surface area contributed by atoms with E-state index in [4.69, 9.17) is 11.5 Å². The Kier molecular flexibility index (Phi) is 8.04. The summed E-state index contributed by atoms with van der Waals surface area (Å²) in [5, 5.41) is 5.82. The average Bonchev–Trinajstić information content (AvgIpc) is 3.43. The van der Waals surface area contributed by atoms with Gasteiger partial charge in [-0.05, 0) is 65.8 Å². The summed E-state index contributed by atoms with van der Waals surface area (Å²) in [7, 11) is 0. The van der Waals surface area contributed by atoms with E-state index in [9.17, 15) is 0 Å². The van der Waals surface area contributed by atoms with Crippen LogP contribution < -0.4 is 11.5 Å². The van der Waals surface area contributed by atoms with Gasteiger partial charge in [-0.1, -0.05) is 23.5 Å². The number of hydrogen-bond acceptors (Lipinski definition) is 8. The van der Waals surface area contributed by atoms with Gasteiger partial charge in [-0.15, -0.1) is 0 Å². The molecule has 0 unspecified atom stereocenters. The number of pyridine rings is 1. The highest BCUT2D eigenvalue weighted by Gasteiger charge is 2.16. The lowest BCUT2D eigenvalue weighted by Gasteiger charge is -2.04. The number of thiophene rings is 1. The van der Waals surface area contributed by atoms with Crippen LogP contribution in [0.1, 0.15) is 24.0 Å². The summed E-state index contributed by atoms with van der Waals surface area (Å²) in [5.74, 6) is 2.10. The van der Waals surface area contributed by atoms with Crippen LogP contribution in [0.25, 0.3) is 0 Å². The molecule has 0 amide bonds. The molecule has 0 saturated heterocycles. The molecule has 144 valence electrons. The fourth-order valence-electron chi connectivity index (χ4n) is 2.82. The van der Waals surface area contributed by atoms with Crippen molar-refractivity contribution in [3.63, 3.8) is 0 Å². The van der Waals surface area contributed by atoms with E-state index in [1.165, 1.54) is 11.1 Å². The molecule has 5 nitrogen and oxygen atoms in total. The highest BCUT2D eigenvalue weighted by molar-refractivity contribution is 8.14. The molecule has 27 heavy (non-hydrogen) atoms. The second-order valence-electron chi connectivity index (χ2n) is 6.43. The summed E-state index contributed by atoms with van der Waals surface area (Å²) in [6.07, 6.45) is 8.06. The van der Waals surface area contributed by atoms with Crippen molar-refractivity contribution in [3.8, 4) is 0 Å². The number of amidine groups is 2. The summed E-state index contributed by atoms with van der Waals surface area (Å²) in [6, 6.07) is 7.14. The first-order valence-corrected chi connectivity index (χ1v) is 11.9. The van der Waals surface area contributed by atoms with Crippen LogP contribution >= 0.6 is 34.9 Å². The first-order chi connectivity index (χ1) is 13.2. The number of aryl methyl sites for hydroxylation is 2. The Labute approximate surface area is 173 Å². The van der Waals surface area contributed by atoms with Crippen LogP contribution in [0.5, 0.6) is 0 Å². The molecule has 0 radical (unpaired) electrons. The number of rotatable bonds is 6. The smallest absolute Gasteiger partial charge is 0.154 e. The van der Waals surface area contributed by atoms with Crippen molar-refractivity contribution in [2.45, 2.75) is 37.8 Å². The molecule has 0 saturated carbocycles. The van der Waals surface area contributed by atoms with Crippen molar-refractivity contribution in [2.24, 2.45) is 21.5 Å². The molecule has 0 bridgehead atoms. The van der Waals surface area contributed by atoms with E-state index in [-0.39, 0.29) is 0 Å². The molecule has 2 aliphatic heterocycles. The van der Waals surface area contributed by atoms with Crippen molar-refractivity contribution in [2.75, 3.05) is 11.5 Å². The molecule has 2 aromatic rings. The number of nitrogens with two attached hydrogens (primary N) is 2. The Morgan fingerprint density at radius 2 is 1.44 bits per heavy atom. The van der Waals surface area contributed by atoms with E-state index in [2.05, 4.69) is 43.9 Å². The average molecular weight is 420 g/mol. The van der Waals surface area contributed by atoms with Gasteiger partial charge in [-0.2, -0.15) is 11.3 Å². The fourth-order valence-corrected chi connectivity index (χ4v) is 5.18. The molecule has 4 heterocycles. The first kappa shape index (κ1) is 20.2. The van der Waals surface area contributed by atoms with E-state index in [0.717, 1.165) is 47.5 Å². The van der Waals surface area contributed by atoms with Crippen molar-refractivity contribution < 1.29 is 0 Å². The molecule has 4 rings (SSSR count). The second-order valence-corrected chi connectivity index (χ2v) is 9.29. The van der Waals surface area contributed by atoms with Gasteiger partial charge in [0, 0.05) is 23.9 Å². The van der Waals surface area contributed by atoms with E-state index >= 15 is 0 Å². The third kappa shape index (κ3) is 7.20. The Bertz CT molecular complexity index is 746. The van der Waals surface area contributed by atoms with Gasteiger partial charge >= 0.3 is 0 Å². The van der Waals surface area contributed by atoms with Crippen LogP contribution in [-0.4, -0.2) is 38.9 Å². The zero-order valence-electron chi connectivity index (χ0n) is 15.2. The quantitative estimate of drug-likeness (QED) is 0.747. The van der Waals surface area contributed by atoms with Crippen LogP contribution in [0.3, 0.4) is 0 Å². The van der Waals surface area contributed by atoms with Crippen molar-refractivity contribution in [1.82, 2.24) is 4.98 Å². The van der Waals surface area contributed by atoms with Crippen LogP contribution in [-0.2, 0) is 12.8 Å². The minimum atomic E-state index is 0.410. The van der Waals surface area contributed by atoms with Gasteiger partial charge in [0.15, 0.2) is 10.3 Å². The molecule has 2 aliphatic rings. The summed E-state index contributed by atoms with van der Waals surface area (Å²) in [4.78, 5) is 12.7. The Morgan fingerprint density at radius 1 is 0.852 bits per heavy atom. The molecule has 8 heteroatoms. The monoisotopic (exact) mass is 419 g/mol. The van der Waals surface area contributed by atoms with Crippen molar-refractivity contribution in [3.05, 3.63) is 52.5 Å². The van der Waals surface area contributed by atoms with Crippen molar-refractivity contribution >= 4 is 45.2 Å². The lowest BCUT2D eigenvalue weighted by molar-refractivity contribution is 0.684. The number of thioether (sulfide) groups is 2. The lowest BCUT2D eigenvalue weighted by Crippen LogP contribution is -2.06. The highest BCUT2D eigenvalue weighted by Crippen LogP contribution is 2.20. The summed E-state index contributed by atoms with van der Waals surface area (Å²) in [5.41, 5.74) is 13.9. The largest absolute Gasteiger partial charge is 0.379 e. The molecule has 0 aliphatic carbocycles. The summed E-state index contributed by atoms with van der Waals surface area (Å²) < 4.78 is 0. The fraction of sp³-hybridized carbons (Fsp3) is 0.421. The summed E-state index contributed by atoms with van der Waals surface area (Å²) >= 11 is 5.09. The van der Waals surface area contributed by atoms with E-state index in [0.29, 0.717) is 12.1 Å². The van der Waals surface area contributed by atoms with E-state index < -0.39 is 0 Å². The topological polar surface area (TPSA) is 89.6 Å². The highest BCUT2D eigenvalue weighted by atomic mass is 32.2. The van der Waals surface area contributed by atoms with Crippen LogP contribution in [0.15, 0.2) is 51.3 Å². The molecular formula is C19H25N5S3. The van der Waals surface area contributed by atoms with Gasteiger partial charge < -0.3 is 11.5 Å². The minimum Gasteiger partial charge on any atom is -0.379 e. The molecule has 2 aromatic heterocycles. The maximum Gasteiger partial charge on any atom is 0.154 e. The Hall–Kier alpha value is -1.51. The van der Waals surface area contributed by atoms with Gasteiger partial charge in [0.1, 0.15) is 0 Å². The molecule has 0 aromatic carbocycles. The van der Waals surface area contributed by atoms with E-state index in [1.807, 2.05) is 12.4 Å². The minimum absolute atomic E-state index is 0.410. The zero-order valence-corrected chi connectivity index (χ0v) is 17.6. The molecule has 0 fully saturated rings. The first-order valence-electron chi connectivity index (χ1n) is 9.01. The number of hydrogen-bond donors (Lipinski definition) is 2. The normalized spacial score (nSPS) is 21.3. The predicted molar refractivity (Wildman–Crippen MR) is 121 cm³/mol. The Balaban J connectivity index is 0.000000156. The standard InChI is InChI=1S/C10H13N3S.C9H12N2S2/c11-10-13-9(7-14-10)2-1-8-3-5-12-6-4-8;10-9-11-8(6-13-9)2-1-7-3-4-12-5-7/h3-6,9H,1-2,7H2,(H2,11,13);3-5,8H,1-2,6H2,(H2,10,11)/t9-;8-/m11/s1. The van der Waals surface area contributed by atoms with Crippen LogP contribution in [0.4, 0.5) is 0 Å². The number of nitrogens with zero attached hydrogens (tertiary/aromatic N) is 3. The van der Waals surface area contributed by atoms with Gasteiger partial charge in [0.05, 0.1) is 12.1 Å². The number of aromatic nitrogens is 1. The van der Waals surface area contributed by atoms with Gasteiger partial charge in [-0.3, -0.25) is 15.0 Å². The molecular weight excluding hydrogens is 394 g/mol. The van der Waals surface area contributed by atoms with Crippen LogP contribution in [0, 0.1) is 0 Å². The lowest BCUT2D eigenvalue weighted by atomic mass is 10.1. The van der Waals surface area contributed by atoms with Gasteiger partial charge in [0.25, 0.3) is 0 Å². The molecule has 0 spiro atoms. The predicted octanol–water partition coefficient (Wildman–Crippen LogP) is 3.56. The van der Waals surface area contributed by atoms with Gasteiger partial charge in [-0.25, -0.2) is 0 Å². The van der Waals surface area contributed by atoms with E-state index in [1.54, 1.807) is 34.9 Å². The van der Waals surface area contributed by atoms with Crippen molar-refractivity contribution in [1.29, 1.82) is 0 Å².